The molecule has 0 heterocycles. The normalized spacial score (nSPS) is 9.00. The summed E-state index contributed by atoms with van der Waals surface area (Å²) in [6.45, 7) is -0.0644. The molecule has 0 aromatic heterocycles. The Morgan fingerprint density at radius 2 is 2.08 bits per heavy atom. The zero-order chi connectivity index (χ0) is 9.56. The van der Waals surface area contributed by atoms with E-state index in [4.69, 9.17) is 10.8 Å². The third-order valence-electron chi connectivity index (χ3n) is 1.11. The summed E-state index contributed by atoms with van der Waals surface area (Å²) in [7, 11) is 0. The summed E-state index contributed by atoms with van der Waals surface area (Å²) in [4.78, 5) is 30.2. The predicted molar refractivity (Wildman–Crippen MR) is 39.0 cm³/mol. The minimum Gasteiger partial charge on any atom is -0.481 e. The summed E-state index contributed by atoms with van der Waals surface area (Å²) in [6, 6.07) is -0.976. The smallest absolute Gasteiger partial charge is 0.337 e. The van der Waals surface area contributed by atoms with Crippen LogP contribution in [0.15, 0.2) is 5.29 Å². The molecule has 7 nitrogen and oxygen atoms in total. The van der Waals surface area contributed by atoms with Gasteiger partial charge in [-0.2, -0.15) is 5.01 Å². The number of amides is 2. The molecule has 0 saturated heterocycles. The number of carbonyl (C=O) groups is 2. The number of nitrogens with two attached hydrogens (primary N) is 1. The van der Waals surface area contributed by atoms with Crippen molar-refractivity contribution in [2.75, 3.05) is 6.54 Å². The third-order valence-corrected chi connectivity index (χ3v) is 1.11. The molecule has 0 fully saturated rings. The monoisotopic (exact) mass is 175 g/mol. The van der Waals surface area contributed by atoms with E-state index in [-0.39, 0.29) is 19.4 Å². The predicted octanol–water partition coefficient (Wildman–Crippen LogP) is -0.0867. The van der Waals surface area contributed by atoms with Gasteiger partial charge in [-0.25, -0.2) is 4.79 Å². The Labute approximate surface area is 68.1 Å². The topological polar surface area (TPSA) is 113 Å². The lowest BCUT2D eigenvalue weighted by Crippen LogP contribution is -2.31. The molecule has 0 unspecified atom stereocenters. The summed E-state index contributed by atoms with van der Waals surface area (Å²) < 4.78 is 0. The van der Waals surface area contributed by atoms with Crippen LogP contribution in [0.4, 0.5) is 4.79 Å². The first-order valence-corrected chi connectivity index (χ1v) is 3.20. The summed E-state index contributed by atoms with van der Waals surface area (Å²) in [5, 5.41) is 11.0. The van der Waals surface area contributed by atoms with Crippen LogP contribution in [0.3, 0.4) is 0 Å². The van der Waals surface area contributed by atoms with Crippen LogP contribution in [0.1, 0.15) is 12.8 Å². The summed E-state index contributed by atoms with van der Waals surface area (Å²) >= 11 is 0. The molecule has 0 spiro atoms. The van der Waals surface area contributed by atoms with Crippen molar-refractivity contribution in [1.82, 2.24) is 5.01 Å². The van der Waals surface area contributed by atoms with E-state index in [1.54, 1.807) is 0 Å². The van der Waals surface area contributed by atoms with Gasteiger partial charge >= 0.3 is 12.0 Å². The van der Waals surface area contributed by atoms with Crippen molar-refractivity contribution in [1.29, 1.82) is 0 Å². The highest BCUT2D eigenvalue weighted by Crippen LogP contribution is 1.95. The van der Waals surface area contributed by atoms with Gasteiger partial charge in [0.1, 0.15) is 0 Å². The van der Waals surface area contributed by atoms with Gasteiger partial charge in [-0.1, -0.05) is 0 Å². The van der Waals surface area contributed by atoms with Gasteiger partial charge < -0.3 is 10.8 Å². The van der Waals surface area contributed by atoms with Crippen LogP contribution in [-0.2, 0) is 4.79 Å². The molecule has 0 radical (unpaired) electrons. The molecular formula is C5H9N3O4. The molecule has 0 aliphatic heterocycles. The fraction of sp³-hybridized carbons (Fsp3) is 0.600. The van der Waals surface area contributed by atoms with Crippen LogP contribution in [0.2, 0.25) is 0 Å². The fourth-order valence-corrected chi connectivity index (χ4v) is 0.571. The Morgan fingerprint density at radius 1 is 1.50 bits per heavy atom. The van der Waals surface area contributed by atoms with Crippen molar-refractivity contribution in [3.8, 4) is 0 Å². The van der Waals surface area contributed by atoms with Gasteiger partial charge in [0.15, 0.2) is 0 Å². The van der Waals surface area contributed by atoms with Crippen LogP contribution < -0.4 is 5.73 Å². The molecule has 0 saturated carbocycles. The number of primary amides is 1. The second kappa shape index (κ2) is 5.05. The first kappa shape index (κ1) is 10.3. The first-order chi connectivity index (χ1) is 5.57. The zero-order valence-electron chi connectivity index (χ0n) is 6.27. The zero-order valence-corrected chi connectivity index (χ0v) is 6.27. The van der Waals surface area contributed by atoms with E-state index < -0.39 is 12.0 Å². The molecule has 0 rings (SSSR count). The second-order valence-electron chi connectivity index (χ2n) is 2.04. The average Bonchev–Trinajstić information content (AvgIpc) is 1.96. The molecule has 0 aliphatic carbocycles. The SMILES string of the molecule is NC(=O)N(CCCC(=O)O)N=O. The molecule has 0 aromatic carbocycles. The lowest BCUT2D eigenvalue weighted by Gasteiger charge is -2.07. The van der Waals surface area contributed by atoms with Crippen LogP contribution >= 0.6 is 0 Å². The molecular weight excluding hydrogens is 166 g/mol. The summed E-state index contributed by atoms with van der Waals surface area (Å²) in [5.74, 6) is -0.995. The van der Waals surface area contributed by atoms with E-state index in [1.807, 2.05) is 0 Å². The standard InChI is InChI=1S/C5H9N3O4/c6-5(11)8(7-12)3-1-2-4(9)10/h1-3H2,(H2,6,11)(H,9,10). The maximum Gasteiger partial charge on any atom is 0.337 e. The van der Waals surface area contributed by atoms with Crippen LogP contribution in [0, 0.1) is 4.91 Å². The molecule has 0 aromatic rings. The Balaban J connectivity index is 3.66. The number of carboxylic acids is 1. The van der Waals surface area contributed by atoms with Gasteiger partial charge in [-0.3, -0.25) is 4.79 Å². The van der Waals surface area contributed by atoms with Gasteiger partial charge in [0.2, 0.25) is 0 Å². The van der Waals surface area contributed by atoms with Crippen molar-refractivity contribution in [3.63, 3.8) is 0 Å². The van der Waals surface area contributed by atoms with Crippen LogP contribution in [0.5, 0.6) is 0 Å². The Kier molecular flexibility index (Phi) is 4.35. The Morgan fingerprint density at radius 3 is 2.42 bits per heavy atom. The van der Waals surface area contributed by atoms with E-state index >= 15 is 0 Å². The maximum absolute atomic E-state index is 10.3. The van der Waals surface area contributed by atoms with Crippen molar-refractivity contribution in [2.45, 2.75) is 12.8 Å². The van der Waals surface area contributed by atoms with E-state index in [1.165, 1.54) is 0 Å². The summed E-state index contributed by atoms with van der Waals surface area (Å²) in [6.07, 6.45) is 0.0311. The maximum atomic E-state index is 10.3. The molecule has 0 atom stereocenters. The highest BCUT2D eigenvalue weighted by atomic mass is 16.4. The quantitative estimate of drug-likeness (QED) is 0.449. The van der Waals surface area contributed by atoms with Crippen LogP contribution in [0.25, 0.3) is 0 Å². The average molecular weight is 175 g/mol. The number of carboxylic acid groups (broad SMARTS) is 1. The Bertz CT molecular complexity index is 193. The number of carbonyl (C=O) groups excluding carboxylic acids is 1. The molecule has 68 valence electrons. The Hall–Kier alpha value is -1.66. The van der Waals surface area contributed by atoms with Crippen molar-refractivity contribution >= 4 is 12.0 Å². The van der Waals surface area contributed by atoms with E-state index in [0.717, 1.165) is 0 Å². The largest absolute Gasteiger partial charge is 0.481 e. The molecule has 0 aliphatic rings. The molecule has 12 heavy (non-hydrogen) atoms. The lowest BCUT2D eigenvalue weighted by atomic mass is 10.3. The van der Waals surface area contributed by atoms with Gasteiger partial charge in [0.25, 0.3) is 0 Å². The molecule has 0 bridgehead atoms. The van der Waals surface area contributed by atoms with Gasteiger partial charge in [0.05, 0.1) is 11.8 Å². The van der Waals surface area contributed by atoms with Gasteiger partial charge in [0, 0.05) is 6.42 Å². The number of hydrogen-bond acceptors (Lipinski definition) is 4. The number of nitrogens with zero attached hydrogens (tertiary/aromatic N) is 2. The fourth-order valence-electron chi connectivity index (χ4n) is 0.571. The van der Waals surface area contributed by atoms with Crippen molar-refractivity contribution in [3.05, 3.63) is 4.91 Å². The second-order valence-corrected chi connectivity index (χ2v) is 2.04. The minimum absolute atomic E-state index is 0.0644. The molecule has 7 heteroatoms. The lowest BCUT2D eigenvalue weighted by molar-refractivity contribution is -0.137. The van der Waals surface area contributed by atoms with Crippen LogP contribution in [-0.4, -0.2) is 28.7 Å². The summed E-state index contributed by atoms with van der Waals surface area (Å²) in [5.41, 5.74) is 4.71. The van der Waals surface area contributed by atoms with Gasteiger partial charge in [-0.05, 0) is 6.42 Å². The number of hydrogen-bond donors (Lipinski definition) is 2. The molecule has 3 N–H and O–H groups in total. The number of rotatable bonds is 5. The highest BCUT2D eigenvalue weighted by molar-refractivity contribution is 5.71. The van der Waals surface area contributed by atoms with Crippen molar-refractivity contribution < 1.29 is 14.7 Å². The van der Waals surface area contributed by atoms with E-state index in [9.17, 15) is 14.5 Å². The van der Waals surface area contributed by atoms with Crippen molar-refractivity contribution in [2.24, 2.45) is 11.0 Å². The van der Waals surface area contributed by atoms with Gasteiger partial charge in [-0.15, -0.1) is 4.91 Å². The minimum atomic E-state index is -0.995. The van der Waals surface area contributed by atoms with E-state index in [0.29, 0.717) is 5.01 Å². The molecule has 2 amide bonds. The number of nitroso groups, excluding NO2 is 1. The first-order valence-electron chi connectivity index (χ1n) is 3.20. The third kappa shape index (κ3) is 4.20. The van der Waals surface area contributed by atoms with E-state index in [2.05, 4.69) is 5.29 Å². The highest BCUT2D eigenvalue weighted by Gasteiger charge is 2.09. The number of aliphatic carboxylic acids is 1. The number of urea groups is 1.